The van der Waals surface area contributed by atoms with Gasteiger partial charge in [0.1, 0.15) is 0 Å². The van der Waals surface area contributed by atoms with E-state index in [1.807, 2.05) is 12.2 Å². The summed E-state index contributed by atoms with van der Waals surface area (Å²) in [4.78, 5) is 25.8. The average molecular weight is 382 g/mol. The van der Waals surface area contributed by atoms with Crippen LogP contribution in [0.4, 0.5) is 5.69 Å². The minimum absolute atomic E-state index is 0.0263. The van der Waals surface area contributed by atoms with Crippen LogP contribution >= 0.6 is 0 Å². The Bertz CT molecular complexity index is 1420. The molecule has 0 saturated carbocycles. The molecule has 2 aromatic rings. The molecule has 6 nitrogen and oxygen atoms in total. The number of aromatic nitrogens is 1. The van der Waals surface area contributed by atoms with Crippen LogP contribution in [0, 0.1) is 0 Å². The van der Waals surface area contributed by atoms with Crippen molar-refractivity contribution in [3.8, 4) is 0 Å². The van der Waals surface area contributed by atoms with Crippen molar-refractivity contribution in [2.45, 2.75) is 19.0 Å². The van der Waals surface area contributed by atoms with E-state index in [9.17, 15) is 9.59 Å². The maximum atomic E-state index is 13.0. The molecule has 29 heavy (non-hydrogen) atoms. The Morgan fingerprint density at radius 2 is 1.97 bits per heavy atom. The van der Waals surface area contributed by atoms with Crippen molar-refractivity contribution in [1.82, 2.24) is 15.2 Å². The summed E-state index contributed by atoms with van der Waals surface area (Å²) < 4.78 is 2.36. The van der Waals surface area contributed by atoms with E-state index < -0.39 is 0 Å². The minimum atomic E-state index is -0.285. The molecule has 0 bridgehead atoms. The average Bonchev–Trinajstić information content (AvgIpc) is 3.28. The monoisotopic (exact) mass is 382 g/mol. The Labute approximate surface area is 166 Å². The van der Waals surface area contributed by atoms with Crippen molar-refractivity contribution in [2.75, 3.05) is 18.4 Å². The van der Waals surface area contributed by atoms with E-state index in [4.69, 9.17) is 0 Å². The standard InChI is InChI=1S/C23H18N4O2/c28-22-17-15-12-5-1-2-7-14(12)25-19(15)21-16(18(17)23(29)26-22)13-6-3-4-11-10-24-8-9-27(21)20(11)13/h1-5,7,14,24-25H,6,8-10H2,(H,26,28,29). The van der Waals surface area contributed by atoms with Gasteiger partial charge in [0.2, 0.25) is 0 Å². The number of nitrogens with zero attached hydrogens (tertiary/aromatic N) is 1. The zero-order valence-electron chi connectivity index (χ0n) is 15.6. The number of hydrogen-bond donors (Lipinski definition) is 3. The van der Waals surface area contributed by atoms with Gasteiger partial charge < -0.3 is 15.2 Å². The number of rotatable bonds is 0. The molecule has 0 spiro atoms. The van der Waals surface area contributed by atoms with E-state index in [0.29, 0.717) is 11.1 Å². The number of anilines is 1. The van der Waals surface area contributed by atoms with Gasteiger partial charge >= 0.3 is 0 Å². The molecular weight excluding hydrogens is 364 g/mol. The maximum absolute atomic E-state index is 13.0. The number of imide groups is 1. The summed E-state index contributed by atoms with van der Waals surface area (Å²) in [6, 6.07) is 0.0263. The molecule has 3 N–H and O–H groups in total. The van der Waals surface area contributed by atoms with E-state index in [-0.39, 0.29) is 17.9 Å². The maximum Gasteiger partial charge on any atom is 0.259 e. The number of nitrogens with one attached hydrogen (secondary N) is 3. The van der Waals surface area contributed by atoms with E-state index in [2.05, 4.69) is 44.8 Å². The van der Waals surface area contributed by atoms with Crippen molar-refractivity contribution in [1.29, 1.82) is 0 Å². The lowest BCUT2D eigenvalue weighted by molar-refractivity contribution is 0.0880. The molecule has 5 aliphatic rings. The first-order valence-corrected chi connectivity index (χ1v) is 10.1. The molecule has 1 unspecified atom stereocenters. The summed E-state index contributed by atoms with van der Waals surface area (Å²) in [5.74, 6) is -0.560. The smallest absolute Gasteiger partial charge is 0.259 e. The van der Waals surface area contributed by atoms with Crippen molar-refractivity contribution in [3.63, 3.8) is 0 Å². The topological polar surface area (TPSA) is 75.2 Å². The number of allylic oxidation sites excluding steroid dienone is 3. The molecule has 0 saturated heterocycles. The van der Waals surface area contributed by atoms with E-state index in [1.165, 1.54) is 10.9 Å². The first-order chi connectivity index (χ1) is 14.2. The van der Waals surface area contributed by atoms with Crippen LogP contribution in [0.1, 0.15) is 26.3 Å². The van der Waals surface area contributed by atoms with Crippen LogP contribution in [0.25, 0.3) is 22.0 Å². The lowest BCUT2D eigenvalue weighted by atomic mass is 9.93. The molecule has 3 aliphatic heterocycles. The lowest BCUT2D eigenvalue weighted by Gasteiger charge is -2.13. The van der Waals surface area contributed by atoms with E-state index >= 15 is 0 Å². The summed E-state index contributed by atoms with van der Waals surface area (Å²) in [6.45, 7) is 2.51. The highest BCUT2D eigenvalue weighted by atomic mass is 16.2. The third-order valence-electron chi connectivity index (χ3n) is 6.67. The highest BCUT2D eigenvalue weighted by Crippen LogP contribution is 2.37. The molecule has 0 radical (unpaired) electrons. The van der Waals surface area contributed by atoms with Gasteiger partial charge in [0.05, 0.1) is 28.4 Å². The van der Waals surface area contributed by atoms with Crippen LogP contribution in [-0.2, 0) is 13.0 Å². The summed E-state index contributed by atoms with van der Waals surface area (Å²) in [7, 11) is 0. The zero-order chi connectivity index (χ0) is 19.3. The normalized spacial score (nSPS) is 23.0. The summed E-state index contributed by atoms with van der Waals surface area (Å²) in [5, 5.41) is 12.8. The Morgan fingerprint density at radius 1 is 1.07 bits per heavy atom. The second-order valence-electron chi connectivity index (χ2n) is 8.12. The van der Waals surface area contributed by atoms with Gasteiger partial charge in [-0.1, -0.05) is 36.5 Å². The van der Waals surface area contributed by atoms with Gasteiger partial charge in [-0.25, -0.2) is 0 Å². The third kappa shape index (κ3) is 1.76. The second-order valence-corrected chi connectivity index (χ2v) is 8.12. The van der Waals surface area contributed by atoms with Crippen molar-refractivity contribution in [3.05, 3.63) is 63.7 Å². The van der Waals surface area contributed by atoms with Crippen LogP contribution < -0.4 is 26.5 Å². The third-order valence-corrected chi connectivity index (χ3v) is 6.67. The Balaban J connectivity index is 1.78. The van der Waals surface area contributed by atoms with Crippen LogP contribution in [0.2, 0.25) is 0 Å². The summed E-state index contributed by atoms with van der Waals surface area (Å²) >= 11 is 0. The minimum Gasteiger partial charge on any atom is -0.372 e. The lowest BCUT2D eigenvalue weighted by Crippen LogP contribution is -2.24. The predicted molar refractivity (Wildman–Crippen MR) is 111 cm³/mol. The van der Waals surface area contributed by atoms with Gasteiger partial charge in [0, 0.05) is 35.6 Å². The molecule has 2 aliphatic carbocycles. The number of fused-ring (bicyclic) bond motifs is 9. The van der Waals surface area contributed by atoms with Gasteiger partial charge in [-0.15, -0.1) is 0 Å². The number of carbonyl (C=O) groups is 2. The van der Waals surface area contributed by atoms with E-state index in [0.717, 1.165) is 59.0 Å². The SMILES string of the molecule is O=C1NC(=O)c2c1c1c(c3c2c2c4n3CCNCC=4C=CC2)NC2C=CC=CC=12. The fraction of sp³-hybridized carbons (Fsp3) is 0.217. The Hall–Kier alpha value is -3.38. The van der Waals surface area contributed by atoms with Crippen molar-refractivity contribution < 1.29 is 9.59 Å². The van der Waals surface area contributed by atoms with Gasteiger partial charge in [-0.05, 0) is 23.1 Å². The summed E-state index contributed by atoms with van der Waals surface area (Å²) in [5.41, 5.74) is 6.60. The molecule has 0 fully saturated rings. The number of amides is 2. The molecule has 4 heterocycles. The van der Waals surface area contributed by atoms with Gasteiger partial charge in [0.15, 0.2) is 0 Å². The Morgan fingerprint density at radius 3 is 2.90 bits per heavy atom. The number of benzene rings is 1. The number of carbonyl (C=O) groups excluding carboxylic acids is 2. The largest absolute Gasteiger partial charge is 0.372 e. The molecule has 2 amide bonds. The quantitative estimate of drug-likeness (QED) is 0.579. The highest BCUT2D eigenvalue weighted by molar-refractivity contribution is 6.29. The molecule has 142 valence electrons. The van der Waals surface area contributed by atoms with Crippen LogP contribution in [0.15, 0.2) is 36.5 Å². The van der Waals surface area contributed by atoms with Gasteiger partial charge in [-0.3, -0.25) is 14.9 Å². The summed E-state index contributed by atoms with van der Waals surface area (Å²) in [6.07, 6.45) is 13.3. The van der Waals surface area contributed by atoms with Crippen molar-refractivity contribution >= 4 is 39.6 Å². The zero-order valence-corrected chi connectivity index (χ0v) is 15.6. The second kappa shape index (κ2) is 5.15. The Kier molecular flexibility index (Phi) is 2.76. The number of hydrogen-bond acceptors (Lipinski definition) is 4. The van der Waals surface area contributed by atoms with Gasteiger partial charge in [-0.2, -0.15) is 0 Å². The molecule has 1 aromatic carbocycles. The van der Waals surface area contributed by atoms with Crippen LogP contribution in [-0.4, -0.2) is 35.5 Å². The molecule has 1 atom stereocenters. The first kappa shape index (κ1) is 15.5. The first-order valence-electron chi connectivity index (χ1n) is 10.1. The fourth-order valence-corrected chi connectivity index (χ4v) is 5.61. The van der Waals surface area contributed by atoms with Crippen molar-refractivity contribution in [2.24, 2.45) is 0 Å². The molecule has 7 rings (SSSR count). The van der Waals surface area contributed by atoms with Crippen LogP contribution in [0.3, 0.4) is 0 Å². The van der Waals surface area contributed by atoms with Gasteiger partial charge in [0.25, 0.3) is 11.8 Å². The predicted octanol–water partition coefficient (Wildman–Crippen LogP) is 0.462. The fourth-order valence-electron chi connectivity index (χ4n) is 5.61. The highest BCUT2D eigenvalue weighted by Gasteiger charge is 2.39. The molecule has 6 heteroatoms. The molecular formula is C23H18N4O2. The van der Waals surface area contributed by atoms with E-state index in [1.54, 1.807) is 0 Å². The van der Waals surface area contributed by atoms with Crippen LogP contribution in [0.5, 0.6) is 0 Å². The molecule has 1 aromatic heterocycles.